The number of ether oxygens (including phenoxy) is 2. The van der Waals surface area contributed by atoms with Crippen LogP contribution in [-0.2, 0) is 15.1 Å². The van der Waals surface area contributed by atoms with Crippen LogP contribution < -0.4 is 15.8 Å². The maximum Gasteiger partial charge on any atom is 0.259 e. The Bertz CT molecular complexity index is 960. The molecule has 0 spiro atoms. The topological polar surface area (TPSA) is 99.4 Å². The van der Waals surface area contributed by atoms with Gasteiger partial charge in [0.1, 0.15) is 10.6 Å². The number of methoxy groups -OCH3 is 1. The Morgan fingerprint density at radius 3 is 3.08 bits per heavy atom. The van der Waals surface area contributed by atoms with Gasteiger partial charge in [0.05, 0.1) is 19.8 Å². The van der Waals surface area contributed by atoms with Gasteiger partial charge in [-0.05, 0) is 17.5 Å². The number of hydrogen-bond donors (Lipinski definition) is 2. The van der Waals surface area contributed by atoms with Crippen LogP contribution in [0.4, 0.5) is 0 Å². The van der Waals surface area contributed by atoms with Crippen LogP contribution in [0.1, 0.15) is 17.4 Å². The summed E-state index contributed by atoms with van der Waals surface area (Å²) in [5, 5.41) is 6.18. The fourth-order valence-electron chi connectivity index (χ4n) is 3.33. The molecule has 0 aliphatic carbocycles. The van der Waals surface area contributed by atoms with E-state index in [4.69, 9.17) is 15.2 Å². The van der Waals surface area contributed by atoms with Crippen molar-refractivity contribution in [3.05, 3.63) is 53.3 Å². The Morgan fingerprint density at radius 2 is 2.27 bits per heavy atom. The first-order valence-electron chi connectivity index (χ1n) is 8.17. The van der Waals surface area contributed by atoms with Crippen molar-refractivity contribution in [1.82, 2.24) is 15.3 Å². The average molecular weight is 370 g/mol. The molecule has 2 aromatic heterocycles. The molecule has 2 unspecified atom stereocenters. The number of benzene rings is 1. The highest BCUT2D eigenvalue weighted by atomic mass is 32.1. The smallest absolute Gasteiger partial charge is 0.259 e. The summed E-state index contributed by atoms with van der Waals surface area (Å²) < 4.78 is 11.5. The third-order valence-corrected chi connectivity index (χ3v) is 5.36. The van der Waals surface area contributed by atoms with Gasteiger partial charge in [0, 0.05) is 23.7 Å². The maximum absolute atomic E-state index is 12.7. The van der Waals surface area contributed by atoms with E-state index in [9.17, 15) is 4.79 Å². The molecule has 4 rings (SSSR count). The quantitative estimate of drug-likeness (QED) is 0.726. The van der Waals surface area contributed by atoms with E-state index in [1.54, 1.807) is 13.3 Å². The summed E-state index contributed by atoms with van der Waals surface area (Å²) in [5.74, 6) is 0.248. The highest BCUT2D eigenvalue weighted by molar-refractivity contribution is 7.16. The minimum atomic E-state index is -1.52. The zero-order valence-corrected chi connectivity index (χ0v) is 15.0. The number of morpholine rings is 1. The van der Waals surface area contributed by atoms with Gasteiger partial charge in [0.25, 0.3) is 5.91 Å². The summed E-state index contributed by atoms with van der Waals surface area (Å²) in [4.78, 5) is 22.5. The van der Waals surface area contributed by atoms with Crippen LogP contribution in [0.15, 0.2) is 41.9 Å². The zero-order chi connectivity index (χ0) is 18.1. The van der Waals surface area contributed by atoms with Crippen LogP contribution in [0.25, 0.3) is 10.2 Å². The number of primary amides is 1. The van der Waals surface area contributed by atoms with Crippen LogP contribution in [0.3, 0.4) is 0 Å². The maximum atomic E-state index is 12.7. The second-order valence-electron chi connectivity index (χ2n) is 5.95. The lowest BCUT2D eigenvalue weighted by atomic mass is 9.84. The van der Waals surface area contributed by atoms with E-state index >= 15 is 0 Å². The summed E-state index contributed by atoms with van der Waals surface area (Å²) in [7, 11) is 1.59. The minimum Gasteiger partial charge on any atom is -0.496 e. The van der Waals surface area contributed by atoms with Crippen LogP contribution in [0.5, 0.6) is 5.75 Å². The number of para-hydroxylation sites is 1. The predicted molar refractivity (Wildman–Crippen MR) is 98.0 cm³/mol. The van der Waals surface area contributed by atoms with Gasteiger partial charge < -0.3 is 20.5 Å². The standard InChI is InChI=1S/C18H18N4O3S/c1-24-13-5-3-2-4-12(13)14-18(16(19)23,25-8-7-20-14)17-21-10-11-6-9-26-15(11)22-17/h2-6,9-10,14,20H,7-8H2,1H3,(H2,19,23). The Kier molecular flexibility index (Phi) is 4.31. The van der Waals surface area contributed by atoms with E-state index in [0.29, 0.717) is 18.9 Å². The average Bonchev–Trinajstić information content (AvgIpc) is 3.15. The van der Waals surface area contributed by atoms with Crippen molar-refractivity contribution in [3.8, 4) is 5.75 Å². The fourth-order valence-corrected chi connectivity index (χ4v) is 4.07. The molecule has 134 valence electrons. The second kappa shape index (κ2) is 6.64. The van der Waals surface area contributed by atoms with E-state index in [1.165, 1.54) is 11.3 Å². The van der Waals surface area contributed by atoms with Gasteiger partial charge in [-0.15, -0.1) is 11.3 Å². The van der Waals surface area contributed by atoms with Gasteiger partial charge in [0.15, 0.2) is 5.82 Å². The highest BCUT2D eigenvalue weighted by Gasteiger charge is 2.53. The second-order valence-corrected chi connectivity index (χ2v) is 6.85. The van der Waals surface area contributed by atoms with E-state index in [1.807, 2.05) is 35.7 Å². The number of amides is 1. The van der Waals surface area contributed by atoms with Crippen molar-refractivity contribution in [2.75, 3.05) is 20.3 Å². The number of nitrogens with one attached hydrogen (secondary N) is 1. The Morgan fingerprint density at radius 1 is 1.42 bits per heavy atom. The minimum absolute atomic E-state index is 0.253. The molecule has 2 atom stereocenters. The Balaban J connectivity index is 1.92. The van der Waals surface area contributed by atoms with Crippen molar-refractivity contribution in [2.24, 2.45) is 5.73 Å². The van der Waals surface area contributed by atoms with Gasteiger partial charge in [-0.1, -0.05) is 18.2 Å². The third kappa shape index (κ3) is 2.54. The van der Waals surface area contributed by atoms with Gasteiger partial charge in [-0.25, -0.2) is 9.97 Å². The molecule has 1 amide bonds. The number of nitrogens with zero attached hydrogens (tertiary/aromatic N) is 2. The van der Waals surface area contributed by atoms with Crippen LogP contribution in [0.2, 0.25) is 0 Å². The van der Waals surface area contributed by atoms with Crippen molar-refractivity contribution in [2.45, 2.75) is 11.6 Å². The van der Waals surface area contributed by atoms with Crippen LogP contribution in [0, 0.1) is 0 Å². The number of hydrogen-bond acceptors (Lipinski definition) is 7. The van der Waals surface area contributed by atoms with Crippen LogP contribution >= 0.6 is 11.3 Å². The molecule has 3 N–H and O–H groups in total. The summed E-state index contributed by atoms with van der Waals surface area (Å²) in [6.07, 6.45) is 1.69. The molecule has 3 heterocycles. The number of carbonyl (C=O) groups is 1. The first kappa shape index (κ1) is 16.9. The SMILES string of the molecule is COc1ccccc1C1NCCOC1(C(N)=O)c1ncc2ccsc2n1. The number of fused-ring (bicyclic) bond motifs is 1. The summed E-state index contributed by atoms with van der Waals surface area (Å²) >= 11 is 1.48. The fraction of sp³-hybridized carbons (Fsp3) is 0.278. The highest BCUT2D eigenvalue weighted by Crippen LogP contribution is 2.42. The first-order chi connectivity index (χ1) is 12.7. The summed E-state index contributed by atoms with van der Waals surface area (Å²) in [6.45, 7) is 0.888. The van der Waals surface area contributed by atoms with Gasteiger partial charge >= 0.3 is 0 Å². The lowest BCUT2D eigenvalue weighted by Crippen LogP contribution is -2.58. The van der Waals surface area contributed by atoms with Crippen molar-refractivity contribution >= 4 is 27.5 Å². The van der Waals surface area contributed by atoms with Gasteiger partial charge in [-0.3, -0.25) is 4.79 Å². The summed E-state index contributed by atoms with van der Waals surface area (Å²) in [6, 6.07) is 8.82. The molecular weight excluding hydrogens is 352 g/mol. The van der Waals surface area contributed by atoms with E-state index in [0.717, 1.165) is 15.8 Å². The molecule has 1 fully saturated rings. The number of nitrogens with two attached hydrogens (primary N) is 1. The van der Waals surface area contributed by atoms with Crippen molar-refractivity contribution < 1.29 is 14.3 Å². The Hall–Kier alpha value is -2.55. The first-order valence-corrected chi connectivity index (χ1v) is 9.05. The van der Waals surface area contributed by atoms with Gasteiger partial charge in [0.2, 0.25) is 5.60 Å². The van der Waals surface area contributed by atoms with Gasteiger partial charge in [-0.2, -0.15) is 0 Å². The summed E-state index contributed by atoms with van der Waals surface area (Å²) in [5.41, 5.74) is 5.10. The lowest BCUT2D eigenvalue weighted by Gasteiger charge is -2.41. The number of aromatic nitrogens is 2. The molecule has 1 aromatic carbocycles. The molecule has 26 heavy (non-hydrogen) atoms. The molecule has 3 aromatic rings. The lowest BCUT2D eigenvalue weighted by molar-refractivity contribution is -0.159. The molecule has 0 bridgehead atoms. The number of thiophene rings is 1. The van der Waals surface area contributed by atoms with E-state index in [2.05, 4.69) is 15.3 Å². The van der Waals surface area contributed by atoms with Crippen molar-refractivity contribution in [1.29, 1.82) is 0 Å². The monoisotopic (exact) mass is 370 g/mol. The van der Waals surface area contributed by atoms with Crippen LogP contribution in [-0.4, -0.2) is 36.1 Å². The molecule has 1 saturated heterocycles. The third-order valence-electron chi connectivity index (χ3n) is 4.54. The molecular formula is C18H18N4O3S. The predicted octanol–water partition coefficient (Wildman–Crippen LogP) is 1.74. The number of rotatable bonds is 4. The zero-order valence-electron chi connectivity index (χ0n) is 14.1. The van der Waals surface area contributed by atoms with Crippen molar-refractivity contribution in [3.63, 3.8) is 0 Å². The molecule has 0 radical (unpaired) electrons. The Labute approximate surface area is 154 Å². The molecule has 0 saturated carbocycles. The molecule has 1 aliphatic heterocycles. The normalized spacial score (nSPS) is 23.0. The molecule has 7 nitrogen and oxygen atoms in total. The largest absolute Gasteiger partial charge is 0.496 e. The van der Waals surface area contributed by atoms with E-state index < -0.39 is 17.6 Å². The van der Waals surface area contributed by atoms with E-state index in [-0.39, 0.29) is 5.82 Å². The number of carbonyl (C=O) groups excluding carboxylic acids is 1. The molecule has 1 aliphatic rings. The molecule has 8 heteroatoms.